The van der Waals surface area contributed by atoms with Gasteiger partial charge in [-0.2, -0.15) is 0 Å². The second kappa shape index (κ2) is 2.55. The fourth-order valence-corrected chi connectivity index (χ4v) is 1.89. The molecule has 0 fully saturated rings. The summed E-state index contributed by atoms with van der Waals surface area (Å²) in [6, 6.07) is 0. The molecule has 0 radical (unpaired) electrons. The third-order valence-corrected chi connectivity index (χ3v) is 2.01. The van der Waals surface area contributed by atoms with E-state index in [4.69, 9.17) is 0 Å². The molecule has 0 amide bonds. The molecule has 0 saturated carbocycles. The second-order valence-electron chi connectivity index (χ2n) is 3.54. The summed E-state index contributed by atoms with van der Waals surface area (Å²) in [4.78, 5) is 0. The Morgan fingerprint density at radius 3 is 2.56 bits per heavy atom. The molecule has 0 nitrogen and oxygen atoms in total. The van der Waals surface area contributed by atoms with E-state index in [1.54, 1.807) is 5.57 Å². The molecule has 52 valence electrons. The first kappa shape index (κ1) is 6.85. The molecule has 0 heteroatoms. The highest BCUT2D eigenvalue weighted by Gasteiger charge is 2.12. The number of hydrogen-bond donors (Lipinski definition) is 0. The molecule has 0 heterocycles. The average Bonchev–Trinajstić information content (AvgIpc) is 1.59. The molecular formula is C9H16. The predicted molar refractivity (Wildman–Crippen MR) is 41.3 cm³/mol. The van der Waals surface area contributed by atoms with Gasteiger partial charge in [-0.25, -0.2) is 0 Å². The fraction of sp³-hybridized carbons (Fsp3) is 0.778. The van der Waals surface area contributed by atoms with Crippen LogP contribution in [0.1, 0.15) is 33.6 Å². The van der Waals surface area contributed by atoms with Gasteiger partial charge in [0.2, 0.25) is 0 Å². The van der Waals surface area contributed by atoms with Crippen LogP contribution in [0.25, 0.3) is 0 Å². The largest absolute Gasteiger partial charge is 0.0827 e. The van der Waals surface area contributed by atoms with E-state index in [0.717, 1.165) is 11.8 Å². The van der Waals surface area contributed by atoms with Crippen LogP contribution in [0, 0.1) is 11.8 Å². The standard InChI is InChI=1S/C9H16/c1-7-4-8(2)6-9(3)5-7/h4,7,9H,5-6H2,1-3H3/t7-,9-/m1/s1. The lowest BCUT2D eigenvalue weighted by molar-refractivity contribution is 0.435. The topological polar surface area (TPSA) is 0 Å². The summed E-state index contributed by atoms with van der Waals surface area (Å²) in [6.45, 7) is 6.89. The van der Waals surface area contributed by atoms with Gasteiger partial charge in [0.1, 0.15) is 0 Å². The number of rotatable bonds is 0. The van der Waals surface area contributed by atoms with Gasteiger partial charge in [-0.05, 0) is 31.6 Å². The molecule has 0 bridgehead atoms. The van der Waals surface area contributed by atoms with Crippen molar-refractivity contribution in [2.45, 2.75) is 33.6 Å². The van der Waals surface area contributed by atoms with Crippen molar-refractivity contribution in [1.82, 2.24) is 0 Å². The van der Waals surface area contributed by atoms with Gasteiger partial charge in [0.25, 0.3) is 0 Å². The fourth-order valence-electron chi connectivity index (χ4n) is 1.89. The number of allylic oxidation sites excluding steroid dienone is 2. The van der Waals surface area contributed by atoms with Gasteiger partial charge < -0.3 is 0 Å². The van der Waals surface area contributed by atoms with E-state index in [9.17, 15) is 0 Å². The molecule has 0 aromatic heterocycles. The zero-order chi connectivity index (χ0) is 6.85. The zero-order valence-corrected chi connectivity index (χ0v) is 6.65. The summed E-state index contributed by atoms with van der Waals surface area (Å²) in [5, 5.41) is 0. The van der Waals surface area contributed by atoms with Crippen LogP contribution in [-0.2, 0) is 0 Å². The minimum absolute atomic E-state index is 0.828. The van der Waals surface area contributed by atoms with Gasteiger partial charge in [-0.1, -0.05) is 25.5 Å². The maximum Gasteiger partial charge on any atom is -0.0257 e. The van der Waals surface area contributed by atoms with Crippen molar-refractivity contribution in [3.63, 3.8) is 0 Å². The molecule has 0 saturated heterocycles. The Labute approximate surface area is 58.0 Å². The maximum absolute atomic E-state index is 2.40. The molecule has 2 atom stereocenters. The van der Waals surface area contributed by atoms with Gasteiger partial charge in [0.05, 0.1) is 0 Å². The molecular weight excluding hydrogens is 108 g/mol. The average molecular weight is 124 g/mol. The highest BCUT2D eigenvalue weighted by atomic mass is 14.2. The van der Waals surface area contributed by atoms with E-state index in [1.165, 1.54) is 12.8 Å². The molecule has 0 spiro atoms. The maximum atomic E-state index is 2.40. The Balaban J connectivity index is 2.56. The van der Waals surface area contributed by atoms with Crippen LogP contribution < -0.4 is 0 Å². The lowest BCUT2D eigenvalue weighted by Crippen LogP contribution is -2.07. The molecule has 1 aliphatic rings. The van der Waals surface area contributed by atoms with Crippen LogP contribution in [0.2, 0.25) is 0 Å². The third kappa shape index (κ3) is 1.85. The van der Waals surface area contributed by atoms with Gasteiger partial charge >= 0.3 is 0 Å². The molecule has 1 rings (SSSR count). The van der Waals surface area contributed by atoms with Crippen LogP contribution in [0.15, 0.2) is 11.6 Å². The minimum atomic E-state index is 0.828. The van der Waals surface area contributed by atoms with Gasteiger partial charge in [0.15, 0.2) is 0 Å². The summed E-state index contributed by atoms with van der Waals surface area (Å²) in [5.41, 5.74) is 1.58. The van der Waals surface area contributed by atoms with Crippen molar-refractivity contribution in [3.8, 4) is 0 Å². The van der Waals surface area contributed by atoms with Gasteiger partial charge in [-0.15, -0.1) is 0 Å². The van der Waals surface area contributed by atoms with E-state index in [0.29, 0.717) is 0 Å². The lowest BCUT2D eigenvalue weighted by Gasteiger charge is -2.21. The second-order valence-corrected chi connectivity index (χ2v) is 3.54. The summed E-state index contributed by atoms with van der Waals surface area (Å²) >= 11 is 0. The molecule has 0 aromatic carbocycles. The van der Waals surface area contributed by atoms with Crippen LogP contribution >= 0.6 is 0 Å². The van der Waals surface area contributed by atoms with E-state index in [-0.39, 0.29) is 0 Å². The highest BCUT2D eigenvalue weighted by Crippen LogP contribution is 2.26. The van der Waals surface area contributed by atoms with Crippen molar-refractivity contribution in [3.05, 3.63) is 11.6 Å². The van der Waals surface area contributed by atoms with Gasteiger partial charge in [-0.3, -0.25) is 0 Å². The Morgan fingerprint density at radius 1 is 1.44 bits per heavy atom. The van der Waals surface area contributed by atoms with Crippen molar-refractivity contribution in [1.29, 1.82) is 0 Å². The van der Waals surface area contributed by atoms with Crippen LogP contribution in [0.3, 0.4) is 0 Å². The summed E-state index contributed by atoms with van der Waals surface area (Å²) < 4.78 is 0. The molecule has 0 N–H and O–H groups in total. The predicted octanol–water partition coefficient (Wildman–Crippen LogP) is 3.00. The molecule has 9 heavy (non-hydrogen) atoms. The first-order chi connectivity index (χ1) is 4.18. The van der Waals surface area contributed by atoms with E-state index >= 15 is 0 Å². The monoisotopic (exact) mass is 124 g/mol. The van der Waals surface area contributed by atoms with Crippen molar-refractivity contribution in [2.75, 3.05) is 0 Å². The normalized spacial score (nSPS) is 36.1. The Morgan fingerprint density at radius 2 is 2.11 bits per heavy atom. The van der Waals surface area contributed by atoms with Crippen LogP contribution in [0.5, 0.6) is 0 Å². The number of hydrogen-bond acceptors (Lipinski definition) is 0. The van der Waals surface area contributed by atoms with Crippen molar-refractivity contribution in [2.24, 2.45) is 11.8 Å². The Bertz CT molecular complexity index is 122. The Hall–Kier alpha value is -0.260. The van der Waals surface area contributed by atoms with Gasteiger partial charge in [0, 0.05) is 0 Å². The summed E-state index contributed by atoms with van der Waals surface area (Å²) in [6.07, 6.45) is 5.11. The first-order valence-electron chi connectivity index (χ1n) is 3.86. The van der Waals surface area contributed by atoms with Crippen LogP contribution in [-0.4, -0.2) is 0 Å². The van der Waals surface area contributed by atoms with Crippen LogP contribution in [0.4, 0.5) is 0 Å². The molecule has 0 aliphatic heterocycles. The van der Waals surface area contributed by atoms with Crippen molar-refractivity contribution >= 4 is 0 Å². The first-order valence-corrected chi connectivity index (χ1v) is 3.86. The smallest absolute Gasteiger partial charge is 0.0257 e. The summed E-state index contributed by atoms with van der Waals surface area (Å²) in [7, 11) is 0. The van der Waals surface area contributed by atoms with Crippen molar-refractivity contribution < 1.29 is 0 Å². The third-order valence-electron chi connectivity index (χ3n) is 2.01. The molecule has 1 aliphatic carbocycles. The minimum Gasteiger partial charge on any atom is -0.0827 e. The molecule has 0 unspecified atom stereocenters. The zero-order valence-electron chi connectivity index (χ0n) is 6.65. The van der Waals surface area contributed by atoms with E-state index < -0.39 is 0 Å². The van der Waals surface area contributed by atoms with E-state index in [2.05, 4.69) is 26.8 Å². The quantitative estimate of drug-likeness (QED) is 0.435. The summed E-state index contributed by atoms with van der Waals surface area (Å²) in [5.74, 6) is 1.75. The van der Waals surface area contributed by atoms with E-state index in [1.807, 2.05) is 0 Å². The lowest BCUT2D eigenvalue weighted by atomic mass is 9.85. The SMILES string of the molecule is CC1=C[C@@H](C)C[C@@H](C)C1. The Kier molecular flexibility index (Phi) is 1.94. The molecule has 0 aromatic rings. The highest BCUT2D eigenvalue weighted by molar-refractivity contribution is 5.05.